The lowest BCUT2D eigenvalue weighted by Gasteiger charge is -2.45. The molecule has 2 aromatic heterocycles. The summed E-state index contributed by atoms with van der Waals surface area (Å²) in [6.07, 6.45) is -11.4. The summed E-state index contributed by atoms with van der Waals surface area (Å²) in [5, 5.41) is 21.4. The fourth-order valence-electron chi connectivity index (χ4n) is 6.19. The number of hydrogen-bond donors (Lipinski definition) is 5. The predicted octanol–water partition coefficient (Wildman–Crippen LogP) is 1.55. The topological polar surface area (TPSA) is 319 Å². The molecule has 0 aliphatic carbocycles. The number of ether oxygens (including phenoxy) is 6. The lowest BCUT2D eigenvalue weighted by Crippen LogP contribution is -2.64. The Morgan fingerprint density at radius 2 is 1.56 bits per heavy atom. The molecule has 6 N–H and O–H groups in total. The van der Waals surface area contributed by atoms with Gasteiger partial charge in [-0.1, -0.05) is 39.0 Å². The highest BCUT2D eigenvalue weighted by Crippen LogP contribution is 2.62. The Morgan fingerprint density at radius 1 is 0.932 bits per heavy atom. The Hall–Kier alpha value is -3.32. The molecule has 27 heteroatoms. The first-order chi connectivity index (χ1) is 27.7. The van der Waals surface area contributed by atoms with Crippen LogP contribution in [0.25, 0.3) is 11.2 Å². The smallest absolute Gasteiger partial charge is 0.462 e. The Kier molecular flexibility index (Phi) is 17.6. The monoisotopic (exact) mass is 903 g/mol. The van der Waals surface area contributed by atoms with Crippen LogP contribution in [0, 0.1) is 0 Å². The molecule has 2 aliphatic rings. The third kappa shape index (κ3) is 13.6. The molecule has 0 aromatic carbocycles. The van der Waals surface area contributed by atoms with E-state index in [4.69, 9.17) is 59.3 Å². The first kappa shape index (κ1) is 48.3. The number of aliphatic hydroxyl groups excluding tert-OH is 2. The van der Waals surface area contributed by atoms with Crippen LogP contribution >= 0.6 is 14.5 Å². The van der Waals surface area contributed by atoms with Crippen molar-refractivity contribution in [1.29, 1.82) is 0 Å². The quantitative estimate of drug-likeness (QED) is 0.0513. The second kappa shape index (κ2) is 21.5. The minimum Gasteiger partial charge on any atom is -0.462 e. The highest BCUT2D eigenvalue weighted by molar-refractivity contribution is 8.08. The van der Waals surface area contributed by atoms with E-state index in [9.17, 15) is 43.7 Å². The summed E-state index contributed by atoms with van der Waals surface area (Å²) in [6, 6.07) is 0. The van der Waals surface area contributed by atoms with E-state index >= 15 is 4.39 Å². The first-order valence-electron chi connectivity index (χ1n) is 18.3. The first-order valence-corrected chi connectivity index (χ1v) is 22.4. The van der Waals surface area contributed by atoms with Gasteiger partial charge in [-0.2, -0.15) is 0 Å². The average molecular weight is 904 g/mol. The van der Waals surface area contributed by atoms with Gasteiger partial charge in [-0.25, -0.2) is 28.2 Å². The number of nitrogens with two attached hydrogens (primary N) is 1. The Labute approximate surface area is 341 Å². The van der Waals surface area contributed by atoms with Gasteiger partial charge in [-0.3, -0.25) is 28.3 Å². The highest BCUT2D eigenvalue weighted by atomic mass is 32.5. The number of carbonyl (C=O) groups is 4. The second-order valence-corrected chi connectivity index (χ2v) is 17.8. The molecule has 2 aliphatic heterocycles. The normalized spacial score (nSPS) is 28.3. The average Bonchev–Trinajstić information content (AvgIpc) is 3.69. The summed E-state index contributed by atoms with van der Waals surface area (Å²) >= 11 is 4.88. The van der Waals surface area contributed by atoms with Crippen LogP contribution in [0.2, 0.25) is 0 Å². The molecule has 4 heterocycles. The number of anilines is 1. The molecular weight excluding hydrogens is 855 g/mol. The number of imidazole rings is 1. The van der Waals surface area contributed by atoms with E-state index in [1.54, 1.807) is 0 Å². The van der Waals surface area contributed by atoms with E-state index in [1.165, 1.54) is 10.9 Å². The van der Waals surface area contributed by atoms with Gasteiger partial charge < -0.3 is 58.7 Å². The van der Waals surface area contributed by atoms with Crippen molar-refractivity contribution < 1.29 is 89.9 Å². The minimum atomic E-state index is -5.75. The minimum absolute atomic E-state index is 0.0268. The van der Waals surface area contributed by atoms with Crippen molar-refractivity contribution in [3.63, 3.8) is 0 Å². The number of phosphoric ester groups is 1. The molecular formula is C32H48FN5O18P2S. The van der Waals surface area contributed by atoms with Crippen LogP contribution in [0.15, 0.2) is 12.7 Å². The highest BCUT2D eigenvalue weighted by Gasteiger charge is 2.57. The van der Waals surface area contributed by atoms with Crippen LogP contribution in [0.5, 0.6) is 0 Å². The standard InChI is InChI=1S/C32H48FN5O18P2S/c1-5-6-7-8-9-10-11-21(42)48-12-19(33)25-26(50-16(2)39)27(51-17(3)40)28(52-18(4)41)32(54-25)55-57(45,46)56-58(47,59)49-13-20-23(43)24(44)31(53-20)38-15-37-22-29(34)35-14-36-30(22)38/h14-15,19-20,23-28,31-32,43-44H,5-13H2,1-4H3,(H,45,46)(H,47,59)(H2,34,35,36)/t19-,20+,23+,24+,25+,26+,27-,28-,31+,32-,58?/m0/s1. The van der Waals surface area contributed by atoms with E-state index < -0.39 is 113 Å². The van der Waals surface area contributed by atoms with Crippen LogP contribution in [-0.2, 0) is 77.3 Å². The molecule has 2 unspecified atom stereocenters. The molecule has 2 fully saturated rings. The molecule has 4 rings (SSSR count). The third-order valence-electron chi connectivity index (χ3n) is 8.78. The molecule has 23 nitrogen and oxygen atoms in total. The molecule has 59 heavy (non-hydrogen) atoms. The van der Waals surface area contributed by atoms with E-state index in [0.717, 1.165) is 59.2 Å². The molecule has 0 radical (unpaired) electrons. The number of phosphoric acid groups is 1. The maximum Gasteiger partial charge on any atom is 0.481 e. The van der Waals surface area contributed by atoms with Crippen molar-refractivity contribution in [1.82, 2.24) is 19.5 Å². The zero-order valence-corrected chi connectivity index (χ0v) is 34.9. The Balaban J connectivity index is 1.48. The molecule has 332 valence electrons. The van der Waals surface area contributed by atoms with Crippen LogP contribution in [0.4, 0.5) is 10.2 Å². The van der Waals surface area contributed by atoms with Crippen LogP contribution < -0.4 is 5.73 Å². The number of nitrogens with zero attached hydrogens (tertiary/aromatic N) is 4. The van der Waals surface area contributed by atoms with Crippen molar-refractivity contribution in [3.8, 4) is 0 Å². The van der Waals surface area contributed by atoms with Gasteiger partial charge >= 0.3 is 38.4 Å². The summed E-state index contributed by atoms with van der Waals surface area (Å²) in [7, 11) is -5.75. The van der Waals surface area contributed by atoms with Gasteiger partial charge in [0.15, 0.2) is 42.2 Å². The molecule has 2 saturated heterocycles. The fraction of sp³-hybridized carbons (Fsp3) is 0.719. The molecule has 0 bridgehead atoms. The van der Waals surface area contributed by atoms with Crippen LogP contribution in [-0.4, -0.2) is 132 Å². The van der Waals surface area contributed by atoms with Crippen molar-refractivity contribution >= 4 is 67.2 Å². The molecule has 2 aromatic rings. The zero-order chi connectivity index (χ0) is 43.7. The Morgan fingerprint density at radius 3 is 2.22 bits per heavy atom. The molecule has 0 saturated carbocycles. The number of alkyl halides is 1. The zero-order valence-electron chi connectivity index (χ0n) is 32.3. The number of fused-ring (bicyclic) bond motifs is 1. The van der Waals surface area contributed by atoms with Crippen molar-refractivity contribution in [3.05, 3.63) is 12.7 Å². The summed E-state index contributed by atoms with van der Waals surface area (Å²) < 4.78 is 77.5. The summed E-state index contributed by atoms with van der Waals surface area (Å²) in [4.78, 5) is 82.4. The number of hydrogen-bond acceptors (Lipinski definition) is 21. The number of esters is 4. The van der Waals surface area contributed by atoms with Gasteiger partial charge in [0.1, 0.15) is 42.9 Å². The molecule has 0 amide bonds. The van der Waals surface area contributed by atoms with Gasteiger partial charge in [0.25, 0.3) is 0 Å². The summed E-state index contributed by atoms with van der Waals surface area (Å²) in [5.41, 5.74) is 6.12. The number of carbonyl (C=O) groups excluding carboxylic acids is 4. The lowest BCUT2D eigenvalue weighted by atomic mass is 9.95. The number of rotatable bonds is 21. The summed E-state index contributed by atoms with van der Waals surface area (Å²) in [5.74, 6) is -3.96. The van der Waals surface area contributed by atoms with Crippen molar-refractivity contribution in [2.24, 2.45) is 0 Å². The number of unbranched alkanes of at least 4 members (excludes halogenated alkanes) is 5. The third-order valence-corrected chi connectivity index (χ3v) is 12.3. The maximum atomic E-state index is 16.0. The van der Waals surface area contributed by atoms with Gasteiger partial charge in [0, 0.05) is 27.2 Å². The lowest BCUT2D eigenvalue weighted by molar-refractivity contribution is -0.296. The van der Waals surface area contributed by atoms with Gasteiger partial charge in [-0.15, -0.1) is 0 Å². The number of halogens is 1. The second-order valence-electron chi connectivity index (χ2n) is 13.5. The van der Waals surface area contributed by atoms with Crippen molar-refractivity contribution in [2.75, 3.05) is 18.9 Å². The summed E-state index contributed by atoms with van der Waals surface area (Å²) in [6.45, 7) is -1.95. The number of aliphatic hydroxyl groups is 2. The van der Waals surface area contributed by atoms with Crippen LogP contribution in [0.3, 0.4) is 0 Å². The van der Waals surface area contributed by atoms with E-state index in [2.05, 4.69) is 21.9 Å². The predicted molar refractivity (Wildman–Crippen MR) is 199 cm³/mol. The number of nitrogen functional groups attached to an aromatic ring is 1. The SMILES string of the molecule is CCCCCCCCC(=O)OC[C@H](F)[C@H]1O[C@@H](OP(=O)(O)OP(O)(=S)OC[C@H]2O[C@@H](n3cnc4c(N)ncnc43)[C@H](O)[C@@H]2O)[C@@H](OC(C)=O)[C@@H](OC(C)=O)[C@@H]1OC(C)=O. The van der Waals surface area contributed by atoms with Gasteiger partial charge in [-0.05, 0) is 18.2 Å². The number of aromatic nitrogens is 4. The fourth-order valence-corrected chi connectivity index (χ4v) is 9.29. The van der Waals surface area contributed by atoms with Crippen molar-refractivity contribution in [2.45, 2.75) is 134 Å². The Bertz CT molecular complexity index is 1880. The molecule has 12 atom stereocenters. The largest absolute Gasteiger partial charge is 0.481 e. The van der Waals surface area contributed by atoms with E-state index in [-0.39, 0.29) is 23.4 Å². The maximum absolute atomic E-state index is 16.0. The molecule has 0 spiro atoms. The van der Waals surface area contributed by atoms with Gasteiger partial charge in [0.2, 0.25) is 6.29 Å². The van der Waals surface area contributed by atoms with Gasteiger partial charge in [0.05, 0.1) is 12.9 Å². The van der Waals surface area contributed by atoms with E-state index in [0.29, 0.717) is 6.42 Å². The van der Waals surface area contributed by atoms with Crippen LogP contribution in [0.1, 0.15) is 78.9 Å². The van der Waals surface area contributed by atoms with E-state index in [1.807, 2.05) is 0 Å².